The van der Waals surface area contributed by atoms with Crippen LogP contribution in [0.2, 0.25) is 5.02 Å². The maximum atomic E-state index is 12.2. The van der Waals surface area contributed by atoms with Crippen LogP contribution in [0.15, 0.2) is 29.4 Å². The Morgan fingerprint density at radius 1 is 1.40 bits per heavy atom. The van der Waals surface area contributed by atoms with Crippen LogP contribution in [0.3, 0.4) is 0 Å². The summed E-state index contributed by atoms with van der Waals surface area (Å²) in [7, 11) is 0. The zero-order valence-electron chi connectivity index (χ0n) is 14.1. The van der Waals surface area contributed by atoms with E-state index >= 15 is 0 Å². The average molecular weight is 380 g/mol. The molecule has 2 atom stereocenters. The minimum atomic E-state index is 0.0102. The summed E-state index contributed by atoms with van der Waals surface area (Å²) in [6.45, 7) is 2.20. The summed E-state index contributed by atoms with van der Waals surface area (Å²) in [6.07, 6.45) is 4.68. The lowest BCUT2D eigenvalue weighted by molar-refractivity contribution is -0.119. The molecule has 134 valence electrons. The third-order valence-electron chi connectivity index (χ3n) is 4.54. The highest BCUT2D eigenvalue weighted by Crippen LogP contribution is 2.25. The van der Waals surface area contributed by atoms with Crippen molar-refractivity contribution in [3.05, 3.63) is 29.3 Å². The highest BCUT2D eigenvalue weighted by molar-refractivity contribution is 7.99. The van der Waals surface area contributed by atoms with Gasteiger partial charge in [-0.1, -0.05) is 55.3 Å². The molecule has 1 aromatic heterocycles. The first-order valence-electron chi connectivity index (χ1n) is 8.43. The van der Waals surface area contributed by atoms with Gasteiger partial charge in [0, 0.05) is 16.6 Å². The van der Waals surface area contributed by atoms with Crippen LogP contribution < -0.4 is 11.2 Å². The molecule has 1 aromatic carbocycles. The first kappa shape index (κ1) is 18.1. The van der Waals surface area contributed by atoms with E-state index in [1.165, 1.54) is 35.7 Å². The zero-order valence-corrected chi connectivity index (χ0v) is 15.7. The fourth-order valence-electron chi connectivity index (χ4n) is 3.11. The molecule has 1 aliphatic rings. The molecule has 2 aromatic rings. The van der Waals surface area contributed by atoms with Crippen LogP contribution in [-0.4, -0.2) is 32.6 Å². The van der Waals surface area contributed by atoms with Crippen molar-refractivity contribution in [1.29, 1.82) is 0 Å². The molecule has 0 bridgehead atoms. The summed E-state index contributed by atoms with van der Waals surface area (Å²) in [4.78, 5) is 12.2. The molecule has 1 heterocycles. The molecular formula is C17H22ClN5OS. The van der Waals surface area contributed by atoms with Gasteiger partial charge in [0.2, 0.25) is 11.1 Å². The number of nitrogens with two attached hydrogens (primary N) is 1. The number of nitrogens with one attached hydrogen (secondary N) is 1. The molecule has 0 spiro atoms. The van der Waals surface area contributed by atoms with Gasteiger partial charge >= 0.3 is 0 Å². The number of carbonyl (C=O) groups is 1. The molecule has 1 amide bonds. The zero-order chi connectivity index (χ0) is 17.8. The summed E-state index contributed by atoms with van der Waals surface area (Å²) < 4.78 is 1.40. The van der Waals surface area contributed by atoms with Crippen LogP contribution in [0.4, 0.5) is 0 Å². The summed E-state index contributed by atoms with van der Waals surface area (Å²) >= 11 is 7.29. The smallest absolute Gasteiger partial charge is 0.230 e. The summed E-state index contributed by atoms with van der Waals surface area (Å²) in [5.74, 6) is 7.41. The number of amides is 1. The Bertz CT molecular complexity index is 750. The van der Waals surface area contributed by atoms with Gasteiger partial charge in [-0.05, 0) is 30.9 Å². The number of nitrogen functional groups attached to an aromatic ring is 1. The largest absolute Gasteiger partial charge is 0.352 e. The Balaban J connectivity index is 1.59. The van der Waals surface area contributed by atoms with E-state index in [0.29, 0.717) is 21.9 Å². The van der Waals surface area contributed by atoms with Crippen molar-refractivity contribution in [3.63, 3.8) is 0 Å². The number of benzene rings is 1. The minimum Gasteiger partial charge on any atom is -0.352 e. The Morgan fingerprint density at radius 2 is 2.20 bits per heavy atom. The Hall–Kier alpha value is -1.73. The number of nitrogens with zero attached hydrogens (tertiary/aromatic N) is 3. The Kier molecular flexibility index (Phi) is 5.86. The second-order valence-electron chi connectivity index (χ2n) is 6.41. The topological polar surface area (TPSA) is 85.8 Å². The van der Waals surface area contributed by atoms with Gasteiger partial charge in [0.25, 0.3) is 0 Å². The van der Waals surface area contributed by atoms with Crippen LogP contribution >= 0.6 is 23.4 Å². The van der Waals surface area contributed by atoms with Crippen molar-refractivity contribution in [3.8, 4) is 11.4 Å². The normalized spacial score (nSPS) is 20.4. The maximum Gasteiger partial charge on any atom is 0.230 e. The molecule has 1 fully saturated rings. The maximum absolute atomic E-state index is 12.2. The van der Waals surface area contributed by atoms with Gasteiger partial charge in [0.15, 0.2) is 5.82 Å². The van der Waals surface area contributed by atoms with Crippen LogP contribution in [-0.2, 0) is 4.79 Å². The van der Waals surface area contributed by atoms with E-state index in [0.717, 1.165) is 12.0 Å². The molecule has 0 aliphatic heterocycles. The van der Waals surface area contributed by atoms with Gasteiger partial charge in [-0.3, -0.25) is 4.79 Å². The monoisotopic (exact) mass is 379 g/mol. The molecule has 1 saturated carbocycles. The highest BCUT2D eigenvalue weighted by atomic mass is 35.5. The number of thioether (sulfide) groups is 1. The van der Waals surface area contributed by atoms with Gasteiger partial charge in [-0.2, -0.15) is 0 Å². The van der Waals surface area contributed by atoms with Crippen molar-refractivity contribution in [2.75, 3.05) is 11.6 Å². The van der Waals surface area contributed by atoms with Gasteiger partial charge in [0.05, 0.1) is 5.75 Å². The quantitative estimate of drug-likeness (QED) is 0.615. The molecule has 8 heteroatoms. The van der Waals surface area contributed by atoms with Crippen molar-refractivity contribution >= 4 is 29.3 Å². The second kappa shape index (κ2) is 8.10. The number of carbonyl (C=O) groups excluding carboxylic acids is 1. The predicted octanol–water partition coefficient (Wildman–Crippen LogP) is 3.10. The Morgan fingerprint density at radius 3 is 2.96 bits per heavy atom. The van der Waals surface area contributed by atoms with E-state index in [-0.39, 0.29) is 17.7 Å². The van der Waals surface area contributed by atoms with Gasteiger partial charge in [-0.25, -0.2) is 4.68 Å². The van der Waals surface area contributed by atoms with Crippen molar-refractivity contribution in [2.24, 2.45) is 5.92 Å². The SMILES string of the molecule is CC1CCCCC1NC(=O)CSc1nnc(-c2cccc(Cl)c2)n1N. The molecule has 0 radical (unpaired) electrons. The fourth-order valence-corrected chi connectivity index (χ4v) is 3.97. The van der Waals surface area contributed by atoms with E-state index in [1.54, 1.807) is 12.1 Å². The number of hydrogen-bond donors (Lipinski definition) is 2. The minimum absolute atomic E-state index is 0.0102. The third kappa shape index (κ3) is 4.46. The number of hydrogen-bond acceptors (Lipinski definition) is 5. The third-order valence-corrected chi connectivity index (χ3v) is 5.72. The van der Waals surface area contributed by atoms with E-state index in [2.05, 4.69) is 22.4 Å². The second-order valence-corrected chi connectivity index (χ2v) is 7.79. The number of halogens is 1. The predicted molar refractivity (Wildman–Crippen MR) is 101 cm³/mol. The first-order valence-corrected chi connectivity index (χ1v) is 9.79. The lowest BCUT2D eigenvalue weighted by Gasteiger charge is -2.29. The van der Waals surface area contributed by atoms with Crippen LogP contribution in [0.25, 0.3) is 11.4 Å². The summed E-state index contributed by atoms with van der Waals surface area (Å²) in [6, 6.07) is 7.54. The van der Waals surface area contributed by atoms with Gasteiger partial charge < -0.3 is 11.2 Å². The molecule has 3 rings (SSSR count). The number of rotatable bonds is 5. The highest BCUT2D eigenvalue weighted by Gasteiger charge is 2.23. The molecule has 6 nitrogen and oxygen atoms in total. The molecule has 3 N–H and O–H groups in total. The molecule has 2 unspecified atom stereocenters. The van der Waals surface area contributed by atoms with Crippen LogP contribution in [0, 0.1) is 5.92 Å². The van der Waals surface area contributed by atoms with E-state index in [9.17, 15) is 4.79 Å². The molecule has 1 aliphatic carbocycles. The average Bonchev–Trinajstić information content (AvgIpc) is 2.96. The van der Waals surface area contributed by atoms with Crippen molar-refractivity contribution in [2.45, 2.75) is 43.8 Å². The summed E-state index contributed by atoms with van der Waals surface area (Å²) in [5, 5.41) is 12.4. The lowest BCUT2D eigenvalue weighted by Crippen LogP contribution is -2.41. The fraction of sp³-hybridized carbons (Fsp3) is 0.471. The molecular weight excluding hydrogens is 358 g/mol. The van der Waals surface area contributed by atoms with E-state index in [1.807, 2.05) is 12.1 Å². The Labute approximate surface area is 156 Å². The molecule has 25 heavy (non-hydrogen) atoms. The number of aromatic nitrogens is 3. The van der Waals surface area contributed by atoms with E-state index in [4.69, 9.17) is 17.4 Å². The first-order chi connectivity index (χ1) is 12.0. The van der Waals surface area contributed by atoms with Crippen LogP contribution in [0.5, 0.6) is 0 Å². The summed E-state index contributed by atoms with van der Waals surface area (Å²) in [5.41, 5.74) is 0.787. The van der Waals surface area contributed by atoms with Gasteiger partial charge in [0.1, 0.15) is 0 Å². The molecule has 0 saturated heterocycles. The van der Waals surface area contributed by atoms with Crippen molar-refractivity contribution < 1.29 is 4.79 Å². The lowest BCUT2D eigenvalue weighted by atomic mass is 9.86. The van der Waals surface area contributed by atoms with Crippen molar-refractivity contribution in [1.82, 2.24) is 20.2 Å². The van der Waals surface area contributed by atoms with E-state index < -0.39 is 0 Å². The van der Waals surface area contributed by atoms with Gasteiger partial charge in [-0.15, -0.1) is 10.2 Å². The van der Waals surface area contributed by atoms with Crippen LogP contribution in [0.1, 0.15) is 32.6 Å². The standard InChI is InChI=1S/C17H22ClN5OS/c1-11-5-2-3-8-14(11)20-15(24)10-25-17-22-21-16(23(17)19)12-6-4-7-13(18)9-12/h4,6-7,9,11,14H,2-3,5,8,10,19H2,1H3,(H,20,24).